The summed E-state index contributed by atoms with van der Waals surface area (Å²) in [6, 6.07) is 5.54. The molecule has 3 rings (SSSR count). The van der Waals surface area contributed by atoms with Crippen LogP contribution in [0, 0.1) is 0 Å². The highest BCUT2D eigenvalue weighted by molar-refractivity contribution is 14.0. The molecular weight excluding hydrogens is 491 g/mol. The number of hydrogen-bond donors (Lipinski definition) is 4. The quantitative estimate of drug-likeness (QED) is 0.208. The van der Waals surface area contributed by atoms with Gasteiger partial charge in [-0.15, -0.1) is 24.0 Å². The Morgan fingerprint density at radius 3 is 2.93 bits per heavy atom. The van der Waals surface area contributed by atoms with Crippen LogP contribution >= 0.6 is 35.3 Å². The van der Waals surface area contributed by atoms with Gasteiger partial charge in [0.2, 0.25) is 5.82 Å². The zero-order valence-electron chi connectivity index (χ0n) is 15.8. The molecule has 0 saturated heterocycles. The number of guanidine groups is 1. The molecule has 0 radical (unpaired) electrons. The second kappa shape index (κ2) is 10.6. The van der Waals surface area contributed by atoms with Gasteiger partial charge in [-0.1, -0.05) is 0 Å². The average molecular weight is 516 g/mol. The molecule has 4 N–H and O–H groups in total. The Kier molecular flexibility index (Phi) is 8.45. The number of furan rings is 1. The van der Waals surface area contributed by atoms with Crippen molar-refractivity contribution in [3.8, 4) is 11.6 Å². The third-order valence-corrected chi connectivity index (χ3v) is 4.64. The van der Waals surface area contributed by atoms with E-state index in [1.807, 2.05) is 29.8 Å². The number of thiophene rings is 1. The second-order valence-electron chi connectivity index (χ2n) is 6.24. The van der Waals surface area contributed by atoms with E-state index in [-0.39, 0.29) is 30.5 Å². The van der Waals surface area contributed by atoms with Crippen molar-refractivity contribution in [3.63, 3.8) is 0 Å². The van der Waals surface area contributed by atoms with Crippen LogP contribution in [-0.2, 0) is 12.0 Å². The van der Waals surface area contributed by atoms with Gasteiger partial charge in [0.15, 0.2) is 11.7 Å². The first-order chi connectivity index (χ1) is 13.1. The number of nitrogens with one attached hydrogen (secondary N) is 3. The molecule has 0 aliphatic carbocycles. The van der Waals surface area contributed by atoms with E-state index < -0.39 is 5.60 Å². The number of halogens is 1. The number of aliphatic imine (C=N–C) groups is 1. The Balaban J connectivity index is 0.00000280. The normalized spacial score (nSPS) is 13.6. The van der Waals surface area contributed by atoms with E-state index in [2.05, 4.69) is 30.8 Å². The van der Waals surface area contributed by atoms with Crippen LogP contribution in [0.1, 0.15) is 25.2 Å². The fraction of sp³-hybridized carbons (Fsp3) is 0.389. The molecule has 1 atom stereocenters. The minimum atomic E-state index is -0.995. The maximum absolute atomic E-state index is 10.6. The van der Waals surface area contributed by atoms with E-state index in [1.165, 1.54) is 0 Å². The topological polar surface area (TPSA) is 111 Å². The first kappa shape index (κ1) is 22.4. The lowest BCUT2D eigenvalue weighted by atomic mass is 10.00. The fourth-order valence-electron chi connectivity index (χ4n) is 2.46. The van der Waals surface area contributed by atoms with Crippen molar-refractivity contribution >= 4 is 41.3 Å². The number of rotatable bonds is 8. The Morgan fingerprint density at radius 1 is 1.39 bits per heavy atom. The molecule has 28 heavy (non-hydrogen) atoms. The number of aromatic amines is 1. The summed E-state index contributed by atoms with van der Waals surface area (Å²) >= 11 is 1.56. The van der Waals surface area contributed by atoms with Gasteiger partial charge in [0, 0.05) is 19.5 Å². The fourth-order valence-corrected chi connectivity index (χ4v) is 3.24. The van der Waals surface area contributed by atoms with Crippen molar-refractivity contribution in [2.75, 3.05) is 19.6 Å². The molecule has 0 saturated carbocycles. The summed E-state index contributed by atoms with van der Waals surface area (Å²) in [5.41, 5.74) is -0.121. The van der Waals surface area contributed by atoms with Crippen molar-refractivity contribution in [1.82, 2.24) is 25.8 Å². The van der Waals surface area contributed by atoms with Gasteiger partial charge < -0.3 is 20.2 Å². The lowest BCUT2D eigenvalue weighted by molar-refractivity contribution is 0.0677. The minimum absolute atomic E-state index is 0. The van der Waals surface area contributed by atoms with Crippen molar-refractivity contribution in [3.05, 3.63) is 46.6 Å². The number of nitrogens with zero attached hydrogens (tertiary/aromatic N) is 3. The van der Waals surface area contributed by atoms with E-state index in [0.29, 0.717) is 30.5 Å². The van der Waals surface area contributed by atoms with E-state index >= 15 is 0 Å². The first-order valence-corrected chi connectivity index (χ1v) is 9.75. The molecule has 0 aliphatic heterocycles. The summed E-state index contributed by atoms with van der Waals surface area (Å²) < 4.78 is 5.29. The van der Waals surface area contributed by atoms with Crippen LogP contribution in [0.3, 0.4) is 0 Å². The van der Waals surface area contributed by atoms with Gasteiger partial charge in [-0.3, -0.25) is 5.10 Å². The molecule has 0 amide bonds. The standard InChI is InChI=1S/C18H24N6O2S.HI/c1-3-19-17(21-12-18(2,25)13-7-10-27-11-13)20-8-6-15-22-16(24-23-15)14-5-4-9-26-14;/h4-5,7,9-11,25H,3,6,8,12H2,1-2H3,(H2,19,20,21)(H,22,23,24);1H. The highest BCUT2D eigenvalue weighted by Gasteiger charge is 2.23. The Hall–Kier alpha value is -1.92. The van der Waals surface area contributed by atoms with Gasteiger partial charge in [0.25, 0.3) is 0 Å². The summed E-state index contributed by atoms with van der Waals surface area (Å²) in [7, 11) is 0. The Morgan fingerprint density at radius 2 is 2.25 bits per heavy atom. The molecule has 10 heteroatoms. The van der Waals surface area contributed by atoms with Gasteiger partial charge in [-0.2, -0.15) is 16.4 Å². The van der Waals surface area contributed by atoms with Gasteiger partial charge >= 0.3 is 0 Å². The van der Waals surface area contributed by atoms with Crippen LogP contribution < -0.4 is 10.6 Å². The zero-order valence-corrected chi connectivity index (χ0v) is 19.0. The summed E-state index contributed by atoms with van der Waals surface area (Å²) in [6.07, 6.45) is 2.25. The molecule has 3 heterocycles. The van der Waals surface area contributed by atoms with Gasteiger partial charge in [0.05, 0.1) is 12.8 Å². The Labute approximate surface area is 184 Å². The second-order valence-corrected chi connectivity index (χ2v) is 7.02. The van der Waals surface area contributed by atoms with Gasteiger partial charge in [-0.05, 0) is 48.4 Å². The first-order valence-electron chi connectivity index (χ1n) is 8.81. The lowest BCUT2D eigenvalue weighted by Crippen LogP contribution is -2.39. The summed E-state index contributed by atoms with van der Waals surface area (Å²) in [5, 5.41) is 28.0. The third kappa shape index (κ3) is 6.04. The van der Waals surface area contributed by atoms with Crippen molar-refractivity contribution in [2.24, 2.45) is 4.99 Å². The predicted octanol–water partition coefficient (Wildman–Crippen LogP) is 2.75. The average Bonchev–Trinajstić information content (AvgIpc) is 3.41. The SMILES string of the molecule is CCNC(=NCC(C)(O)c1ccsc1)NCCc1nc(-c2ccco2)n[nH]1.I. The van der Waals surface area contributed by atoms with Crippen LogP contribution in [0.2, 0.25) is 0 Å². The van der Waals surface area contributed by atoms with Crippen molar-refractivity contribution in [2.45, 2.75) is 25.9 Å². The van der Waals surface area contributed by atoms with E-state index in [9.17, 15) is 5.11 Å². The van der Waals surface area contributed by atoms with Gasteiger partial charge in [0.1, 0.15) is 11.4 Å². The molecule has 3 aromatic heterocycles. The van der Waals surface area contributed by atoms with Crippen molar-refractivity contribution < 1.29 is 9.52 Å². The maximum Gasteiger partial charge on any atom is 0.216 e. The number of aliphatic hydroxyl groups is 1. The molecule has 0 spiro atoms. The molecule has 0 fully saturated rings. The summed E-state index contributed by atoms with van der Waals surface area (Å²) in [6.45, 7) is 5.40. The molecule has 1 unspecified atom stereocenters. The predicted molar refractivity (Wildman–Crippen MR) is 121 cm³/mol. The molecule has 0 bridgehead atoms. The molecule has 152 valence electrons. The van der Waals surface area contributed by atoms with E-state index in [1.54, 1.807) is 30.6 Å². The summed E-state index contributed by atoms with van der Waals surface area (Å²) in [4.78, 5) is 8.92. The molecule has 0 aliphatic rings. The van der Waals surface area contributed by atoms with Crippen LogP contribution in [0.5, 0.6) is 0 Å². The minimum Gasteiger partial charge on any atom is -0.461 e. The monoisotopic (exact) mass is 516 g/mol. The third-order valence-electron chi connectivity index (χ3n) is 3.96. The highest BCUT2D eigenvalue weighted by Crippen LogP contribution is 2.23. The number of hydrogen-bond acceptors (Lipinski definition) is 6. The van der Waals surface area contributed by atoms with Crippen molar-refractivity contribution in [1.29, 1.82) is 0 Å². The van der Waals surface area contributed by atoms with Crippen LogP contribution in [-0.4, -0.2) is 45.9 Å². The van der Waals surface area contributed by atoms with E-state index in [0.717, 1.165) is 17.9 Å². The van der Waals surface area contributed by atoms with Crippen LogP contribution in [0.4, 0.5) is 0 Å². The van der Waals surface area contributed by atoms with Crippen LogP contribution in [0.25, 0.3) is 11.6 Å². The maximum atomic E-state index is 10.6. The molecular formula is C18H25IN6O2S. The lowest BCUT2D eigenvalue weighted by Gasteiger charge is -2.21. The zero-order chi connectivity index (χ0) is 19.1. The highest BCUT2D eigenvalue weighted by atomic mass is 127. The van der Waals surface area contributed by atoms with Crippen LogP contribution in [0.15, 0.2) is 44.6 Å². The molecule has 8 nitrogen and oxygen atoms in total. The van der Waals surface area contributed by atoms with E-state index in [4.69, 9.17) is 4.42 Å². The number of aromatic nitrogens is 3. The molecule has 0 aromatic carbocycles. The largest absolute Gasteiger partial charge is 0.461 e. The molecule has 3 aromatic rings. The Bertz CT molecular complexity index is 845. The summed E-state index contributed by atoms with van der Waals surface area (Å²) in [5.74, 6) is 2.59. The number of H-pyrrole nitrogens is 1. The smallest absolute Gasteiger partial charge is 0.216 e. The van der Waals surface area contributed by atoms with Gasteiger partial charge in [-0.25, -0.2) is 9.98 Å².